The molecular weight excluding hydrogens is 234 g/mol. The summed E-state index contributed by atoms with van der Waals surface area (Å²) in [5, 5.41) is 0. The van der Waals surface area contributed by atoms with Gasteiger partial charge in [0.25, 0.3) is 0 Å². The molecule has 0 aliphatic heterocycles. The molecule has 1 aromatic rings. The molecule has 1 rings (SSSR count). The van der Waals surface area contributed by atoms with Gasteiger partial charge in [-0.25, -0.2) is 0 Å². The lowest BCUT2D eigenvalue weighted by atomic mass is 9.86. The largest absolute Gasteiger partial charge is 0.330 e. The van der Waals surface area contributed by atoms with E-state index in [9.17, 15) is 4.79 Å². The molecule has 0 aromatic heterocycles. The molecule has 1 atom stereocenters. The molecule has 2 nitrogen and oxygen atoms in total. The minimum atomic E-state index is 0.166. The Morgan fingerprint density at radius 1 is 1.21 bits per heavy atom. The lowest BCUT2D eigenvalue weighted by molar-refractivity contribution is -0.118. The van der Waals surface area contributed by atoms with Crippen molar-refractivity contribution in [1.29, 1.82) is 0 Å². The fraction of sp³-hybridized carbons (Fsp3) is 0.588. The second-order valence-corrected chi connectivity index (χ2v) is 6.54. The van der Waals surface area contributed by atoms with Crippen LogP contribution < -0.4 is 5.73 Å². The maximum Gasteiger partial charge on any atom is 0.137 e. The van der Waals surface area contributed by atoms with Crippen LogP contribution in [0.15, 0.2) is 24.3 Å². The standard InChI is InChI=1S/C17H27NO/c1-13(12-18)5-10-16(19)11-14-6-8-15(9-7-14)17(2,3)4/h6-9,13H,5,10-12,18H2,1-4H3. The summed E-state index contributed by atoms with van der Waals surface area (Å²) in [5.74, 6) is 0.746. The first-order chi connectivity index (χ1) is 8.82. The van der Waals surface area contributed by atoms with Crippen LogP contribution in [0.2, 0.25) is 0 Å². The Kier molecular flexibility index (Phi) is 5.74. The third-order valence-electron chi connectivity index (χ3n) is 3.54. The second kappa shape index (κ2) is 6.85. The van der Waals surface area contributed by atoms with Gasteiger partial charge in [-0.15, -0.1) is 0 Å². The number of nitrogens with two attached hydrogens (primary N) is 1. The van der Waals surface area contributed by atoms with E-state index in [1.54, 1.807) is 0 Å². The van der Waals surface area contributed by atoms with Gasteiger partial charge < -0.3 is 5.73 Å². The number of carbonyl (C=O) groups is 1. The minimum Gasteiger partial charge on any atom is -0.330 e. The number of carbonyl (C=O) groups excluding carboxylic acids is 1. The van der Waals surface area contributed by atoms with E-state index >= 15 is 0 Å². The molecule has 0 saturated heterocycles. The summed E-state index contributed by atoms with van der Waals surface area (Å²) in [4.78, 5) is 11.9. The van der Waals surface area contributed by atoms with Crippen LogP contribution in [-0.2, 0) is 16.6 Å². The van der Waals surface area contributed by atoms with Crippen LogP contribution in [-0.4, -0.2) is 12.3 Å². The molecule has 0 saturated carbocycles. The Morgan fingerprint density at radius 2 is 1.79 bits per heavy atom. The van der Waals surface area contributed by atoms with Crippen molar-refractivity contribution in [2.75, 3.05) is 6.54 Å². The monoisotopic (exact) mass is 261 g/mol. The highest BCUT2D eigenvalue weighted by Gasteiger charge is 2.13. The number of hydrogen-bond donors (Lipinski definition) is 1. The van der Waals surface area contributed by atoms with Gasteiger partial charge in [-0.3, -0.25) is 4.79 Å². The van der Waals surface area contributed by atoms with E-state index < -0.39 is 0 Å². The lowest BCUT2D eigenvalue weighted by Gasteiger charge is -2.19. The van der Waals surface area contributed by atoms with Crippen LogP contribution in [0.4, 0.5) is 0 Å². The van der Waals surface area contributed by atoms with Gasteiger partial charge in [0.2, 0.25) is 0 Å². The highest BCUT2D eigenvalue weighted by Crippen LogP contribution is 2.22. The molecule has 0 radical (unpaired) electrons. The normalized spacial score (nSPS) is 13.3. The molecule has 0 spiro atoms. The Labute approximate surface area is 117 Å². The van der Waals surface area contributed by atoms with Gasteiger partial charge in [0.15, 0.2) is 0 Å². The van der Waals surface area contributed by atoms with Crippen LogP contribution in [0.25, 0.3) is 0 Å². The smallest absolute Gasteiger partial charge is 0.137 e. The molecule has 0 bridgehead atoms. The Hall–Kier alpha value is -1.15. The molecule has 0 heterocycles. The quantitative estimate of drug-likeness (QED) is 0.852. The molecule has 0 aliphatic rings. The third kappa shape index (κ3) is 5.56. The highest BCUT2D eigenvalue weighted by molar-refractivity contribution is 5.80. The SMILES string of the molecule is CC(CN)CCC(=O)Cc1ccc(C(C)(C)C)cc1. The van der Waals surface area contributed by atoms with Crippen molar-refractivity contribution in [3.05, 3.63) is 35.4 Å². The van der Waals surface area contributed by atoms with Crippen LogP contribution in [0, 0.1) is 5.92 Å². The predicted molar refractivity (Wildman–Crippen MR) is 81.3 cm³/mol. The van der Waals surface area contributed by atoms with Crippen LogP contribution in [0.3, 0.4) is 0 Å². The number of ketones is 1. The average molecular weight is 261 g/mol. The van der Waals surface area contributed by atoms with Crippen molar-refractivity contribution in [3.63, 3.8) is 0 Å². The second-order valence-electron chi connectivity index (χ2n) is 6.54. The Balaban J connectivity index is 2.51. The van der Waals surface area contributed by atoms with E-state index in [1.807, 2.05) is 0 Å². The lowest BCUT2D eigenvalue weighted by Crippen LogP contribution is -2.13. The number of rotatable bonds is 6. The van der Waals surface area contributed by atoms with Gasteiger partial charge in [-0.1, -0.05) is 52.0 Å². The third-order valence-corrected chi connectivity index (χ3v) is 3.54. The van der Waals surface area contributed by atoms with Crippen molar-refractivity contribution in [2.24, 2.45) is 11.7 Å². The van der Waals surface area contributed by atoms with Crippen molar-refractivity contribution in [3.8, 4) is 0 Å². The van der Waals surface area contributed by atoms with Gasteiger partial charge in [-0.05, 0) is 35.4 Å². The summed E-state index contributed by atoms with van der Waals surface area (Å²) in [7, 11) is 0. The zero-order valence-electron chi connectivity index (χ0n) is 12.7. The summed E-state index contributed by atoms with van der Waals surface area (Å²) < 4.78 is 0. The first kappa shape index (κ1) is 15.9. The zero-order chi connectivity index (χ0) is 14.5. The summed E-state index contributed by atoms with van der Waals surface area (Å²) in [6.07, 6.45) is 2.08. The van der Waals surface area contributed by atoms with E-state index in [0.717, 1.165) is 12.0 Å². The molecule has 2 heteroatoms. The van der Waals surface area contributed by atoms with Crippen LogP contribution in [0.1, 0.15) is 51.7 Å². The molecule has 19 heavy (non-hydrogen) atoms. The molecule has 106 valence electrons. The summed E-state index contributed by atoms with van der Waals surface area (Å²) >= 11 is 0. The maximum atomic E-state index is 11.9. The Bertz CT molecular complexity index is 400. The van der Waals surface area contributed by atoms with Crippen LogP contribution in [0.5, 0.6) is 0 Å². The van der Waals surface area contributed by atoms with E-state index in [2.05, 4.69) is 52.0 Å². The fourth-order valence-electron chi connectivity index (χ4n) is 1.96. The van der Waals surface area contributed by atoms with E-state index in [4.69, 9.17) is 5.73 Å². The van der Waals surface area contributed by atoms with Crippen molar-refractivity contribution in [1.82, 2.24) is 0 Å². The summed E-state index contributed by atoms with van der Waals surface area (Å²) in [6.45, 7) is 9.34. The van der Waals surface area contributed by atoms with Gasteiger partial charge in [-0.2, -0.15) is 0 Å². The highest BCUT2D eigenvalue weighted by atomic mass is 16.1. The molecular formula is C17H27NO. The molecule has 0 aliphatic carbocycles. The number of Topliss-reactive ketones (excluding diaryl/α,β-unsaturated/α-hetero) is 1. The molecule has 0 amide bonds. The number of hydrogen-bond acceptors (Lipinski definition) is 2. The molecule has 1 unspecified atom stereocenters. The summed E-state index contributed by atoms with van der Waals surface area (Å²) in [6, 6.07) is 8.41. The first-order valence-electron chi connectivity index (χ1n) is 7.14. The Morgan fingerprint density at radius 3 is 2.26 bits per heavy atom. The molecule has 1 aromatic carbocycles. The summed E-state index contributed by atoms with van der Waals surface area (Å²) in [5.41, 5.74) is 8.14. The van der Waals surface area contributed by atoms with Gasteiger partial charge in [0.1, 0.15) is 5.78 Å². The van der Waals surface area contributed by atoms with E-state index in [1.165, 1.54) is 5.56 Å². The van der Waals surface area contributed by atoms with Gasteiger partial charge >= 0.3 is 0 Å². The first-order valence-corrected chi connectivity index (χ1v) is 7.14. The molecule has 0 fully saturated rings. The predicted octanol–water partition coefficient (Wildman–Crippen LogP) is 3.47. The van der Waals surface area contributed by atoms with Gasteiger partial charge in [0, 0.05) is 12.8 Å². The van der Waals surface area contributed by atoms with E-state index in [-0.39, 0.29) is 5.41 Å². The minimum absolute atomic E-state index is 0.166. The zero-order valence-corrected chi connectivity index (χ0v) is 12.7. The molecule has 2 N–H and O–H groups in total. The van der Waals surface area contributed by atoms with Gasteiger partial charge in [0.05, 0.1) is 0 Å². The topological polar surface area (TPSA) is 43.1 Å². The van der Waals surface area contributed by atoms with E-state index in [0.29, 0.717) is 31.1 Å². The van der Waals surface area contributed by atoms with Crippen molar-refractivity contribution >= 4 is 5.78 Å². The van der Waals surface area contributed by atoms with Crippen molar-refractivity contribution < 1.29 is 4.79 Å². The maximum absolute atomic E-state index is 11.9. The fourth-order valence-corrected chi connectivity index (χ4v) is 1.96. The van der Waals surface area contributed by atoms with Crippen LogP contribution >= 0.6 is 0 Å². The number of benzene rings is 1. The van der Waals surface area contributed by atoms with Crippen molar-refractivity contribution in [2.45, 2.75) is 52.4 Å². The average Bonchev–Trinajstić information content (AvgIpc) is 2.35.